The van der Waals surface area contributed by atoms with Crippen molar-refractivity contribution in [2.75, 3.05) is 36.0 Å². The number of hydrogen-bond donors (Lipinski definition) is 1. The topological polar surface area (TPSA) is 136 Å². The normalized spacial score (nSPS) is 20.0. The molecule has 236 valence electrons. The van der Waals surface area contributed by atoms with Crippen molar-refractivity contribution in [3.05, 3.63) is 53.6 Å². The van der Waals surface area contributed by atoms with E-state index in [-0.39, 0.29) is 42.3 Å². The van der Waals surface area contributed by atoms with Gasteiger partial charge in [0.1, 0.15) is 17.2 Å². The molecule has 3 atom stereocenters. The van der Waals surface area contributed by atoms with Crippen LogP contribution in [-0.4, -0.2) is 75.9 Å². The predicted octanol–water partition coefficient (Wildman–Crippen LogP) is 4.52. The summed E-state index contributed by atoms with van der Waals surface area (Å²) in [5.41, 5.74) is -0.560. The molecule has 2 aliphatic rings. The van der Waals surface area contributed by atoms with Gasteiger partial charge in [-0.3, -0.25) is 4.79 Å². The second-order valence-electron chi connectivity index (χ2n) is 12.3. The molecule has 2 aliphatic heterocycles. The molecule has 1 N–H and O–H groups in total. The predicted molar refractivity (Wildman–Crippen MR) is 156 cm³/mol. The van der Waals surface area contributed by atoms with Crippen molar-refractivity contribution in [1.29, 1.82) is 0 Å². The van der Waals surface area contributed by atoms with Gasteiger partial charge in [-0.1, -0.05) is 5.16 Å². The zero-order valence-corrected chi connectivity index (χ0v) is 25.4. The lowest BCUT2D eigenvalue weighted by Crippen LogP contribution is -2.43. The van der Waals surface area contributed by atoms with Crippen LogP contribution in [0.4, 0.5) is 25.5 Å². The van der Waals surface area contributed by atoms with Crippen molar-refractivity contribution < 1.29 is 32.4 Å². The van der Waals surface area contributed by atoms with Crippen LogP contribution >= 0.6 is 0 Å². The van der Waals surface area contributed by atoms with Crippen molar-refractivity contribution in [1.82, 2.24) is 25.4 Å². The molecule has 2 fully saturated rings. The molecule has 2 aromatic heterocycles. The van der Waals surface area contributed by atoms with E-state index in [4.69, 9.17) is 14.0 Å². The molecule has 5 rings (SSSR count). The number of aromatic nitrogens is 4. The van der Waals surface area contributed by atoms with Crippen LogP contribution in [0.1, 0.15) is 69.6 Å². The Labute approximate surface area is 254 Å². The van der Waals surface area contributed by atoms with E-state index in [0.29, 0.717) is 30.8 Å². The smallest absolute Gasteiger partial charge is 0.407 e. The molecule has 0 aliphatic carbocycles. The van der Waals surface area contributed by atoms with E-state index in [1.54, 1.807) is 33.2 Å². The number of Topliss-reactive ketones (excluding diaryl/α,β-unsaturated/α-hetero) is 1. The number of hydrogen-bond acceptors (Lipinski definition) is 11. The summed E-state index contributed by atoms with van der Waals surface area (Å²) in [7, 11) is 0. The summed E-state index contributed by atoms with van der Waals surface area (Å²) in [6.07, 6.45) is 4.07. The van der Waals surface area contributed by atoms with Gasteiger partial charge in [0.05, 0.1) is 24.5 Å². The number of alkyl carbamates (subject to hydrolysis) is 1. The van der Waals surface area contributed by atoms with Crippen molar-refractivity contribution in [3.63, 3.8) is 0 Å². The van der Waals surface area contributed by atoms with E-state index in [9.17, 15) is 18.4 Å². The number of anilines is 2. The fourth-order valence-electron chi connectivity index (χ4n) is 5.58. The Morgan fingerprint density at radius 1 is 1.09 bits per heavy atom. The number of nitrogens with zero attached hydrogens (tertiary/aromatic N) is 6. The van der Waals surface area contributed by atoms with Crippen LogP contribution in [0.2, 0.25) is 0 Å². The molecule has 0 saturated carbocycles. The molecule has 12 nitrogen and oxygen atoms in total. The highest BCUT2D eigenvalue weighted by Crippen LogP contribution is 2.33. The third-order valence-corrected chi connectivity index (χ3v) is 7.80. The van der Waals surface area contributed by atoms with Gasteiger partial charge in [-0.2, -0.15) is 4.98 Å². The Kier molecular flexibility index (Phi) is 8.97. The Morgan fingerprint density at radius 2 is 1.80 bits per heavy atom. The standard InChI is InChI=1S/C30H37F2N7O5/c1-17(40)26-36-28(44-37-26)38-10-8-19(9-11-38)18(2)42-21-13-33-27(34-14-21)39-15-23(22-12-20(31)6-7-24(22)32)25(16-39)35-29(41)43-30(3,4)5/h6-7,12-14,18-19,23,25H,8-11,15-16H2,1-5H3,(H,35,41)/t18-,23+,25-/m0/s1. The van der Waals surface area contributed by atoms with Crippen LogP contribution < -0.4 is 19.9 Å². The van der Waals surface area contributed by atoms with Gasteiger partial charge < -0.3 is 29.1 Å². The summed E-state index contributed by atoms with van der Waals surface area (Å²) >= 11 is 0. The number of rotatable bonds is 8. The first-order chi connectivity index (χ1) is 20.9. The summed E-state index contributed by atoms with van der Waals surface area (Å²) in [5, 5.41) is 6.54. The summed E-state index contributed by atoms with van der Waals surface area (Å²) in [4.78, 5) is 41.0. The lowest BCUT2D eigenvalue weighted by atomic mass is 9.92. The number of carbonyl (C=O) groups is 2. The quantitative estimate of drug-likeness (QED) is 0.359. The van der Waals surface area contributed by atoms with Crippen LogP contribution in [-0.2, 0) is 4.74 Å². The number of amides is 1. The van der Waals surface area contributed by atoms with E-state index in [0.717, 1.165) is 31.0 Å². The molecule has 0 bridgehead atoms. The van der Waals surface area contributed by atoms with Gasteiger partial charge in [-0.15, -0.1) is 0 Å². The van der Waals surface area contributed by atoms with Gasteiger partial charge in [0, 0.05) is 39.0 Å². The summed E-state index contributed by atoms with van der Waals surface area (Å²) in [6, 6.07) is 3.07. The molecule has 1 amide bonds. The Hall–Kier alpha value is -4.36. The lowest BCUT2D eigenvalue weighted by molar-refractivity contribution is 0.0504. The minimum absolute atomic E-state index is 0.0719. The van der Waals surface area contributed by atoms with Crippen molar-refractivity contribution in [2.45, 2.75) is 71.1 Å². The Morgan fingerprint density at radius 3 is 2.43 bits per heavy atom. The first-order valence-corrected chi connectivity index (χ1v) is 14.6. The van der Waals surface area contributed by atoms with E-state index in [2.05, 4.69) is 25.4 Å². The monoisotopic (exact) mass is 613 g/mol. The minimum Gasteiger partial charge on any atom is -0.487 e. The summed E-state index contributed by atoms with van der Waals surface area (Å²) < 4.78 is 45.7. The molecule has 0 spiro atoms. The van der Waals surface area contributed by atoms with Gasteiger partial charge in [0.25, 0.3) is 0 Å². The summed E-state index contributed by atoms with van der Waals surface area (Å²) in [5.74, 6) is -0.719. The number of ketones is 1. The molecule has 3 aromatic rings. The maximum atomic E-state index is 14.8. The van der Waals surface area contributed by atoms with Gasteiger partial charge in [-0.05, 0) is 70.2 Å². The minimum atomic E-state index is -0.719. The first kappa shape index (κ1) is 31.1. The molecule has 4 heterocycles. The average molecular weight is 614 g/mol. The van der Waals surface area contributed by atoms with E-state index >= 15 is 0 Å². The fourth-order valence-corrected chi connectivity index (χ4v) is 5.58. The number of ether oxygens (including phenoxy) is 2. The highest BCUT2D eigenvalue weighted by atomic mass is 19.1. The number of nitrogens with one attached hydrogen (secondary N) is 1. The summed E-state index contributed by atoms with van der Waals surface area (Å²) in [6.45, 7) is 10.5. The van der Waals surface area contributed by atoms with Crippen molar-refractivity contribution in [2.24, 2.45) is 5.92 Å². The van der Waals surface area contributed by atoms with Crippen LogP contribution in [0.15, 0.2) is 35.1 Å². The van der Waals surface area contributed by atoms with E-state index in [1.165, 1.54) is 6.92 Å². The van der Waals surface area contributed by atoms with Crippen LogP contribution in [0.25, 0.3) is 0 Å². The maximum Gasteiger partial charge on any atom is 0.407 e. The van der Waals surface area contributed by atoms with Crippen molar-refractivity contribution in [3.8, 4) is 5.75 Å². The van der Waals surface area contributed by atoms with E-state index < -0.39 is 35.3 Å². The lowest BCUT2D eigenvalue weighted by Gasteiger charge is -2.33. The van der Waals surface area contributed by atoms with Crippen LogP contribution in [0.5, 0.6) is 5.75 Å². The molecule has 14 heteroatoms. The molecule has 0 unspecified atom stereocenters. The fraction of sp³-hybridized carbons (Fsp3) is 0.533. The van der Waals surface area contributed by atoms with Crippen molar-refractivity contribution >= 4 is 23.8 Å². The SMILES string of the molecule is CC(=O)c1noc(N2CCC([C@H](C)Oc3cnc(N4C[C@H](NC(=O)OC(C)(C)C)[C@@H](c5cc(F)ccc5F)C4)nc3)CC2)n1. The number of benzene rings is 1. The zero-order valence-electron chi connectivity index (χ0n) is 25.4. The van der Waals surface area contributed by atoms with Gasteiger partial charge in [0.15, 0.2) is 5.75 Å². The van der Waals surface area contributed by atoms with Gasteiger partial charge in [0.2, 0.25) is 17.6 Å². The second-order valence-corrected chi connectivity index (χ2v) is 12.3. The van der Waals surface area contributed by atoms with Gasteiger partial charge >= 0.3 is 12.1 Å². The first-order valence-electron chi connectivity index (χ1n) is 14.6. The van der Waals surface area contributed by atoms with Crippen LogP contribution in [0, 0.1) is 17.6 Å². The molecule has 1 aromatic carbocycles. The van der Waals surface area contributed by atoms with E-state index in [1.807, 2.05) is 16.7 Å². The molecular weight excluding hydrogens is 576 g/mol. The average Bonchev–Trinajstić information content (AvgIpc) is 3.62. The number of halogens is 2. The molecule has 2 saturated heterocycles. The highest BCUT2D eigenvalue weighted by molar-refractivity contribution is 5.90. The maximum absolute atomic E-state index is 14.8. The second kappa shape index (κ2) is 12.7. The number of piperidine rings is 1. The Balaban J connectivity index is 1.21. The number of carbonyl (C=O) groups excluding carboxylic acids is 2. The third-order valence-electron chi connectivity index (χ3n) is 7.80. The molecule has 44 heavy (non-hydrogen) atoms. The zero-order chi connectivity index (χ0) is 31.6. The highest BCUT2D eigenvalue weighted by Gasteiger charge is 2.38. The largest absolute Gasteiger partial charge is 0.487 e. The van der Waals surface area contributed by atoms with Crippen LogP contribution in [0.3, 0.4) is 0 Å². The molecule has 0 radical (unpaired) electrons. The van der Waals surface area contributed by atoms with Gasteiger partial charge in [-0.25, -0.2) is 23.5 Å². The third kappa shape index (κ3) is 7.40. The Bertz CT molecular complexity index is 1470. The molecular formula is C30H37F2N7O5.